The maximum absolute atomic E-state index is 12.8. The van der Waals surface area contributed by atoms with Crippen LogP contribution < -0.4 is 10.1 Å². The van der Waals surface area contributed by atoms with Crippen LogP contribution in [0.4, 0.5) is 4.39 Å². The molecule has 6 heteroatoms. The van der Waals surface area contributed by atoms with Gasteiger partial charge in [-0.15, -0.1) is 11.8 Å². The summed E-state index contributed by atoms with van der Waals surface area (Å²) in [6.07, 6.45) is 3.16. The van der Waals surface area contributed by atoms with E-state index in [4.69, 9.17) is 9.47 Å². The minimum atomic E-state index is -0.227. The lowest BCUT2D eigenvalue weighted by Crippen LogP contribution is -2.24. The lowest BCUT2D eigenvalue weighted by atomic mass is 10.2. The normalized spacial score (nSPS) is 16.3. The summed E-state index contributed by atoms with van der Waals surface area (Å²) in [5.41, 5.74) is 0.616. The van der Waals surface area contributed by atoms with Crippen molar-refractivity contribution in [2.45, 2.75) is 30.3 Å². The van der Waals surface area contributed by atoms with Crippen molar-refractivity contribution in [3.63, 3.8) is 0 Å². The van der Waals surface area contributed by atoms with Crippen molar-refractivity contribution in [2.24, 2.45) is 0 Å². The first-order valence-electron chi connectivity index (χ1n) is 9.22. The second-order valence-corrected chi connectivity index (χ2v) is 7.55. The average Bonchev–Trinajstić information content (AvgIpc) is 3.21. The van der Waals surface area contributed by atoms with E-state index in [-0.39, 0.29) is 17.8 Å². The molecule has 144 valence electrons. The monoisotopic (exact) mass is 389 g/mol. The Labute approximate surface area is 163 Å². The van der Waals surface area contributed by atoms with Gasteiger partial charge in [-0.2, -0.15) is 0 Å². The van der Waals surface area contributed by atoms with Gasteiger partial charge >= 0.3 is 0 Å². The van der Waals surface area contributed by atoms with Crippen molar-refractivity contribution in [2.75, 3.05) is 25.5 Å². The third-order valence-electron chi connectivity index (χ3n) is 4.27. The lowest BCUT2D eigenvalue weighted by molar-refractivity contribution is 0.0679. The van der Waals surface area contributed by atoms with Gasteiger partial charge in [0.1, 0.15) is 18.2 Å². The Hall–Kier alpha value is -2.05. The van der Waals surface area contributed by atoms with E-state index in [2.05, 4.69) is 5.32 Å². The summed E-state index contributed by atoms with van der Waals surface area (Å²) in [6.45, 7) is 1.97. The molecule has 1 amide bonds. The van der Waals surface area contributed by atoms with Crippen LogP contribution in [0.15, 0.2) is 53.4 Å². The molecule has 0 aliphatic carbocycles. The zero-order valence-electron chi connectivity index (χ0n) is 15.2. The van der Waals surface area contributed by atoms with Crippen molar-refractivity contribution >= 4 is 17.7 Å². The molecule has 1 fully saturated rings. The number of hydrogen-bond acceptors (Lipinski definition) is 4. The van der Waals surface area contributed by atoms with Crippen LogP contribution in [0.2, 0.25) is 0 Å². The van der Waals surface area contributed by atoms with Gasteiger partial charge in [0.15, 0.2) is 0 Å². The molecule has 4 nitrogen and oxygen atoms in total. The predicted molar refractivity (Wildman–Crippen MR) is 105 cm³/mol. The standard InChI is InChI=1S/C21H24FNO3S/c22-17-6-10-20(11-7-17)27-14-2-12-23-21(24)16-4-8-18(9-5-16)26-15-19-3-1-13-25-19/h4-11,19H,1-3,12-15H2,(H,23,24). The van der Waals surface area contributed by atoms with E-state index >= 15 is 0 Å². The highest BCUT2D eigenvalue weighted by Gasteiger charge is 2.16. The molecule has 0 bridgehead atoms. The molecule has 0 saturated carbocycles. The van der Waals surface area contributed by atoms with E-state index in [1.807, 2.05) is 12.1 Å². The predicted octanol–water partition coefficient (Wildman–Crippen LogP) is 4.30. The van der Waals surface area contributed by atoms with E-state index in [9.17, 15) is 9.18 Å². The van der Waals surface area contributed by atoms with E-state index in [0.717, 1.165) is 42.3 Å². The van der Waals surface area contributed by atoms with E-state index < -0.39 is 0 Å². The Morgan fingerprint density at radius 3 is 2.67 bits per heavy atom. The zero-order chi connectivity index (χ0) is 18.9. The molecular formula is C21H24FNO3S. The van der Waals surface area contributed by atoms with E-state index in [1.54, 1.807) is 36.0 Å². The fourth-order valence-corrected chi connectivity index (χ4v) is 3.62. The molecule has 0 spiro atoms. The number of nitrogens with one attached hydrogen (secondary N) is 1. The molecular weight excluding hydrogens is 365 g/mol. The molecule has 0 radical (unpaired) electrons. The van der Waals surface area contributed by atoms with Gasteiger partial charge in [-0.25, -0.2) is 4.39 Å². The highest BCUT2D eigenvalue weighted by Crippen LogP contribution is 2.19. The van der Waals surface area contributed by atoms with Crippen LogP contribution in [-0.2, 0) is 4.74 Å². The number of thioether (sulfide) groups is 1. The van der Waals surface area contributed by atoms with Gasteiger partial charge in [-0.3, -0.25) is 4.79 Å². The van der Waals surface area contributed by atoms with Crippen molar-refractivity contribution in [3.8, 4) is 5.75 Å². The summed E-state index contributed by atoms with van der Waals surface area (Å²) in [6, 6.07) is 13.6. The molecule has 27 heavy (non-hydrogen) atoms. The molecule has 2 aromatic carbocycles. The number of halogens is 1. The molecule has 1 aliphatic heterocycles. The van der Waals surface area contributed by atoms with Gasteiger partial charge < -0.3 is 14.8 Å². The van der Waals surface area contributed by atoms with Crippen molar-refractivity contribution in [1.29, 1.82) is 0 Å². The second-order valence-electron chi connectivity index (χ2n) is 6.38. The fraction of sp³-hybridized carbons (Fsp3) is 0.381. The fourth-order valence-electron chi connectivity index (χ4n) is 2.76. The molecule has 1 unspecified atom stereocenters. The molecule has 0 aromatic heterocycles. The summed E-state index contributed by atoms with van der Waals surface area (Å²) in [5, 5.41) is 2.92. The van der Waals surface area contributed by atoms with Crippen LogP contribution in [0.25, 0.3) is 0 Å². The molecule has 3 rings (SSSR count). The smallest absolute Gasteiger partial charge is 0.251 e. The van der Waals surface area contributed by atoms with Gasteiger partial charge in [0.2, 0.25) is 0 Å². The van der Waals surface area contributed by atoms with Crippen LogP contribution in [0, 0.1) is 5.82 Å². The Morgan fingerprint density at radius 2 is 1.96 bits per heavy atom. The van der Waals surface area contributed by atoms with Gasteiger partial charge in [0.25, 0.3) is 5.91 Å². The largest absolute Gasteiger partial charge is 0.491 e. The summed E-state index contributed by atoms with van der Waals surface area (Å²) < 4.78 is 24.1. The van der Waals surface area contributed by atoms with Gasteiger partial charge in [0, 0.05) is 23.6 Å². The maximum atomic E-state index is 12.8. The van der Waals surface area contributed by atoms with Crippen LogP contribution >= 0.6 is 11.8 Å². The van der Waals surface area contributed by atoms with Gasteiger partial charge in [0.05, 0.1) is 6.10 Å². The quantitative estimate of drug-likeness (QED) is 0.513. The Morgan fingerprint density at radius 1 is 1.19 bits per heavy atom. The Bertz CT molecular complexity index is 715. The topological polar surface area (TPSA) is 47.6 Å². The van der Waals surface area contributed by atoms with Crippen LogP contribution in [-0.4, -0.2) is 37.5 Å². The highest BCUT2D eigenvalue weighted by atomic mass is 32.2. The number of carbonyl (C=O) groups is 1. The molecule has 1 N–H and O–H groups in total. The summed E-state index contributed by atoms with van der Waals surface area (Å²) in [5.74, 6) is 1.29. The van der Waals surface area contributed by atoms with Crippen LogP contribution in [0.3, 0.4) is 0 Å². The summed E-state index contributed by atoms with van der Waals surface area (Å²) in [4.78, 5) is 13.2. The van der Waals surface area contributed by atoms with Crippen molar-refractivity contribution in [3.05, 3.63) is 59.9 Å². The molecule has 1 saturated heterocycles. The number of ether oxygens (including phenoxy) is 2. The number of benzene rings is 2. The zero-order valence-corrected chi connectivity index (χ0v) is 16.0. The first-order valence-corrected chi connectivity index (χ1v) is 10.2. The highest BCUT2D eigenvalue weighted by molar-refractivity contribution is 7.99. The number of carbonyl (C=O) groups excluding carboxylic acids is 1. The first-order chi connectivity index (χ1) is 13.2. The lowest BCUT2D eigenvalue weighted by Gasteiger charge is -2.11. The maximum Gasteiger partial charge on any atom is 0.251 e. The van der Waals surface area contributed by atoms with Crippen LogP contribution in [0.1, 0.15) is 29.6 Å². The van der Waals surface area contributed by atoms with Crippen LogP contribution in [0.5, 0.6) is 5.75 Å². The second kappa shape index (κ2) is 10.3. The third-order valence-corrected chi connectivity index (χ3v) is 5.36. The first kappa shape index (κ1) is 19.7. The SMILES string of the molecule is O=C(NCCCSc1ccc(F)cc1)c1ccc(OCC2CCCO2)cc1. The molecule has 1 heterocycles. The summed E-state index contributed by atoms with van der Waals surface area (Å²) in [7, 11) is 0. The van der Waals surface area contributed by atoms with E-state index in [0.29, 0.717) is 18.7 Å². The minimum Gasteiger partial charge on any atom is -0.491 e. The number of amides is 1. The van der Waals surface area contributed by atoms with E-state index in [1.165, 1.54) is 12.1 Å². The molecule has 2 aromatic rings. The Balaban J connectivity index is 1.33. The number of hydrogen-bond donors (Lipinski definition) is 1. The van der Waals surface area contributed by atoms with Gasteiger partial charge in [-0.1, -0.05) is 0 Å². The molecule has 1 atom stereocenters. The third kappa shape index (κ3) is 6.56. The van der Waals surface area contributed by atoms with Crippen molar-refractivity contribution < 1.29 is 18.7 Å². The average molecular weight is 389 g/mol. The molecule has 1 aliphatic rings. The Kier molecular flexibility index (Phi) is 7.54. The minimum absolute atomic E-state index is 0.0903. The van der Waals surface area contributed by atoms with Gasteiger partial charge in [-0.05, 0) is 73.5 Å². The van der Waals surface area contributed by atoms with Crippen molar-refractivity contribution in [1.82, 2.24) is 5.32 Å². The number of rotatable bonds is 9. The summed E-state index contributed by atoms with van der Waals surface area (Å²) >= 11 is 1.65.